The van der Waals surface area contributed by atoms with Crippen LogP contribution >= 0.6 is 0 Å². The summed E-state index contributed by atoms with van der Waals surface area (Å²) in [4.78, 5) is 27.3. The van der Waals surface area contributed by atoms with E-state index < -0.39 is 0 Å². The maximum atomic E-state index is 12.2. The van der Waals surface area contributed by atoms with E-state index >= 15 is 0 Å². The number of piperazine rings is 1. The van der Waals surface area contributed by atoms with Gasteiger partial charge >= 0.3 is 6.03 Å². The van der Waals surface area contributed by atoms with Gasteiger partial charge in [-0.05, 0) is 31.3 Å². The molecule has 1 fully saturated rings. The Balaban J connectivity index is 1.63. The second-order valence-electron chi connectivity index (χ2n) is 5.43. The lowest BCUT2D eigenvalue weighted by Gasteiger charge is -2.32. The van der Waals surface area contributed by atoms with E-state index in [1.165, 1.54) is 6.07 Å². The molecule has 3 rings (SSSR count). The van der Waals surface area contributed by atoms with Gasteiger partial charge in [-0.25, -0.2) is 4.79 Å². The van der Waals surface area contributed by atoms with Crippen molar-refractivity contribution in [2.45, 2.75) is 0 Å². The van der Waals surface area contributed by atoms with Crippen LogP contribution < -0.4 is 10.9 Å². The summed E-state index contributed by atoms with van der Waals surface area (Å²) in [5.41, 5.74) is 1.43. The SMILES string of the molecule is CN1CCN(C(=O)Nc2ccc(-n3ccc(=O)[nH]3)cc2)CC1. The Kier molecular flexibility index (Phi) is 3.97. The molecule has 0 bridgehead atoms. The third-order valence-corrected chi connectivity index (χ3v) is 3.79. The Hall–Kier alpha value is -2.54. The number of aromatic amines is 1. The van der Waals surface area contributed by atoms with Crippen molar-refractivity contribution in [3.63, 3.8) is 0 Å². The van der Waals surface area contributed by atoms with E-state index in [1.807, 2.05) is 29.2 Å². The summed E-state index contributed by atoms with van der Waals surface area (Å²) < 4.78 is 1.63. The van der Waals surface area contributed by atoms with E-state index in [1.54, 1.807) is 10.9 Å². The molecule has 2 N–H and O–H groups in total. The van der Waals surface area contributed by atoms with Crippen molar-refractivity contribution in [3.05, 3.63) is 46.9 Å². The number of likely N-dealkylation sites (N-methyl/N-ethyl adjacent to an activating group) is 1. The average molecular weight is 301 g/mol. The Morgan fingerprint density at radius 3 is 2.36 bits per heavy atom. The van der Waals surface area contributed by atoms with Crippen molar-refractivity contribution < 1.29 is 4.79 Å². The number of hydrogen-bond acceptors (Lipinski definition) is 3. The quantitative estimate of drug-likeness (QED) is 0.867. The number of carbonyl (C=O) groups is 1. The van der Waals surface area contributed by atoms with Crippen molar-refractivity contribution >= 4 is 11.7 Å². The first kappa shape index (κ1) is 14.4. The van der Waals surface area contributed by atoms with Crippen LogP contribution in [-0.4, -0.2) is 58.8 Å². The molecule has 0 saturated carbocycles. The van der Waals surface area contributed by atoms with Gasteiger partial charge in [-0.2, -0.15) is 0 Å². The highest BCUT2D eigenvalue weighted by Gasteiger charge is 2.18. The van der Waals surface area contributed by atoms with E-state index in [0.717, 1.165) is 37.6 Å². The highest BCUT2D eigenvalue weighted by Crippen LogP contribution is 2.13. The average Bonchev–Trinajstić information content (AvgIpc) is 2.95. The summed E-state index contributed by atoms with van der Waals surface area (Å²) >= 11 is 0. The van der Waals surface area contributed by atoms with Crippen LogP contribution in [0.2, 0.25) is 0 Å². The number of aromatic nitrogens is 2. The number of urea groups is 1. The van der Waals surface area contributed by atoms with Crippen LogP contribution in [0.3, 0.4) is 0 Å². The molecule has 7 heteroatoms. The summed E-state index contributed by atoms with van der Waals surface area (Å²) in [6, 6.07) is 8.72. The van der Waals surface area contributed by atoms with Crippen LogP contribution in [0.25, 0.3) is 5.69 Å². The Morgan fingerprint density at radius 1 is 1.09 bits per heavy atom. The fraction of sp³-hybridized carbons (Fsp3) is 0.333. The summed E-state index contributed by atoms with van der Waals surface area (Å²) in [5.74, 6) is 0. The molecule has 1 aromatic carbocycles. The third-order valence-electron chi connectivity index (χ3n) is 3.79. The molecule has 2 heterocycles. The number of H-pyrrole nitrogens is 1. The van der Waals surface area contributed by atoms with Crippen LogP contribution in [0.1, 0.15) is 0 Å². The van der Waals surface area contributed by atoms with Gasteiger partial charge in [0.05, 0.1) is 5.69 Å². The van der Waals surface area contributed by atoms with Crippen LogP contribution in [0.15, 0.2) is 41.3 Å². The zero-order valence-electron chi connectivity index (χ0n) is 12.5. The fourth-order valence-corrected chi connectivity index (χ4v) is 2.40. The number of nitrogens with zero attached hydrogens (tertiary/aromatic N) is 3. The molecule has 116 valence electrons. The van der Waals surface area contributed by atoms with Crippen molar-refractivity contribution in [2.24, 2.45) is 0 Å². The number of carbonyl (C=O) groups excluding carboxylic acids is 1. The predicted octanol–water partition coefficient (Wildman–Crippen LogP) is 0.945. The molecule has 0 atom stereocenters. The fourth-order valence-electron chi connectivity index (χ4n) is 2.40. The number of rotatable bonds is 2. The molecule has 0 aliphatic carbocycles. The number of nitrogens with one attached hydrogen (secondary N) is 2. The van der Waals surface area contributed by atoms with Gasteiger partial charge in [-0.15, -0.1) is 0 Å². The molecule has 1 aromatic heterocycles. The largest absolute Gasteiger partial charge is 0.322 e. The van der Waals surface area contributed by atoms with Gasteiger partial charge in [0, 0.05) is 44.1 Å². The second kappa shape index (κ2) is 6.07. The minimum atomic E-state index is -0.146. The summed E-state index contributed by atoms with van der Waals surface area (Å²) in [5, 5.41) is 5.57. The predicted molar refractivity (Wildman–Crippen MR) is 84.5 cm³/mol. The molecule has 1 saturated heterocycles. The van der Waals surface area contributed by atoms with Crippen LogP contribution in [0, 0.1) is 0 Å². The standard InChI is InChI=1S/C15H19N5O2/c1-18-8-10-19(11-9-18)15(22)16-12-2-4-13(5-3-12)20-7-6-14(21)17-20/h2-7H,8-11H2,1H3,(H,16,22)(H,17,21). The molecular weight excluding hydrogens is 282 g/mol. The van der Waals surface area contributed by atoms with Crippen LogP contribution in [0.4, 0.5) is 10.5 Å². The van der Waals surface area contributed by atoms with Crippen LogP contribution in [0.5, 0.6) is 0 Å². The lowest BCUT2D eigenvalue weighted by atomic mass is 10.3. The van der Waals surface area contributed by atoms with Crippen molar-refractivity contribution in [2.75, 3.05) is 38.5 Å². The first-order valence-electron chi connectivity index (χ1n) is 7.24. The summed E-state index contributed by atoms with van der Waals surface area (Å²) in [6.45, 7) is 3.27. The van der Waals surface area contributed by atoms with E-state index in [-0.39, 0.29) is 11.6 Å². The summed E-state index contributed by atoms with van der Waals surface area (Å²) in [7, 11) is 2.06. The maximum absolute atomic E-state index is 12.2. The Morgan fingerprint density at radius 2 is 1.77 bits per heavy atom. The van der Waals surface area contributed by atoms with Gasteiger partial charge in [0.25, 0.3) is 5.56 Å². The van der Waals surface area contributed by atoms with Crippen molar-refractivity contribution in [1.82, 2.24) is 19.6 Å². The number of hydrogen-bond donors (Lipinski definition) is 2. The zero-order valence-corrected chi connectivity index (χ0v) is 12.5. The lowest BCUT2D eigenvalue weighted by molar-refractivity contribution is 0.164. The molecule has 1 aliphatic heterocycles. The van der Waals surface area contributed by atoms with Gasteiger partial charge in [0.1, 0.15) is 0 Å². The smallest absolute Gasteiger partial charge is 0.321 e. The molecule has 0 unspecified atom stereocenters. The first-order chi connectivity index (χ1) is 10.6. The molecule has 22 heavy (non-hydrogen) atoms. The highest BCUT2D eigenvalue weighted by atomic mass is 16.2. The zero-order chi connectivity index (χ0) is 15.5. The molecule has 0 spiro atoms. The van der Waals surface area contributed by atoms with E-state index in [9.17, 15) is 9.59 Å². The van der Waals surface area contributed by atoms with E-state index in [4.69, 9.17) is 0 Å². The molecule has 1 aliphatic rings. The van der Waals surface area contributed by atoms with E-state index in [2.05, 4.69) is 22.4 Å². The molecule has 7 nitrogen and oxygen atoms in total. The molecule has 2 aromatic rings. The Labute approximate surface area is 128 Å². The van der Waals surface area contributed by atoms with Gasteiger partial charge in [0.15, 0.2) is 0 Å². The Bertz CT molecular complexity index is 695. The molecular formula is C15H19N5O2. The van der Waals surface area contributed by atoms with Crippen LogP contribution in [-0.2, 0) is 0 Å². The minimum absolute atomic E-state index is 0.0739. The van der Waals surface area contributed by atoms with Gasteiger partial charge in [-0.3, -0.25) is 14.6 Å². The minimum Gasteiger partial charge on any atom is -0.322 e. The van der Waals surface area contributed by atoms with Gasteiger partial charge in [0.2, 0.25) is 0 Å². The van der Waals surface area contributed by atoms with E-state index in [0.29, 0.717) is 0 Å². The van der Waals surface area contributed by atoms with Crippen molar-refractivity contribution in [1.29, 1.82) is 0 Å². The monoisotopic (exact) mass is 301 g/mol. The topological polar surface area (TPSA) is 73.4 Å². The number of amides is 2. The van der Waals surface area contributed by atoms with Gasteiger partial charge in [-0.1, -0.05) is 0 Å². The van der Waals surface area contributed by atoms with Crippen molar-refractivity contribution in [3.8, 4) is 5.69 Å². The number of anilines is 1. The maximum Gasteiger partial charge on any atom is 0.321 e. The van der Waals surface area contributed by atoms with Gasteiger partial charge < -0.3 is 15.1 Å². The molecule has 2 amide bonds. The molecule has 0 radical (unpaired) electrons. The first-order valence-corrected chi connectivity index (χ1v) is 7.24. The number of benzene rings is 1. The summed E-state index contributed by atoms with van der Waals surface area (Å²) in [6.07, 6.45) is 1.67. The normalized spacial score (nSPS) is 15.8. The lowest BCUT2D eigenvalue weighted by Crippen LogP contribution is -2.48. The highest BCUT2D eigenvalue weighted by molar-refractivity contribution is 5.89. The third kappa shape index (κ3) is 3.20. The second-order valence-corrected chi connectivity index (χ2v) is 5.43.